The minimum absolute atomic E-state index is 0.0286. The van der Waals surface area contributed by atoms with Crippen LogP contribution in [-0.2, 0) is 17.8 Å². The first-order chi connectivity index (χ1) is 15.3. The van der Waals surface area contributed by atoms with Crippen LogP contribution in [0.15, 0.2) is 47.1 Å². The summed E-state index contributed by atoms with van der Waals surface area (Å²) >= 11 is 0. The van der Waals surface area contributed by atoms with Crippen molar-refractivity contribution in [3.63, 3.8) is 0 Å². The van der Waals surface area contributed by atoms with Crippen LogP contribution >= 0.6 is 0 Å². The number of nitro groups is 1. The van der Waals surface area contributed by atoms with Gasteiger partial charge in [0.2, 0.25) is 11.7 Å². The van der Waals surface area contributed by atoms with E-state index in [1.54, 1.807) is 31.2 Å². The van der Waals surface area contributed by atoms with Crippen molar-refractivity contribution in [2.75, 3.05) is 31.3 Å². The summed E-state index contributed by atoms with van der Waals surface area (Å²) in [4.78, 5) is 35.5. The summed E-state index contributed by atoms with van der Waals surface area (Å²) in [6, 6.07) is 10.4. The van der Waals surface area contributed by atoms with Gasteiger partial charge in [-0.05, 0) is 26.6 Å². The van der Waals surface area contributed by atoms with Crippen molar-refractivity contribution in [3.05, 3.63) is 64.0 Å². The second-order valence-electron chi connectivity index (χ2n) is 7.17. The fraction of sp³-hybridized carbons (Fsp3) is 0.286. The lowest BCUT2D eigenvalue weighted by Crippen LogP contribution is -2.32. The third kappa shape index (κ3) is 5.19. The molecule has 0 aliphatic carbocycles. The number of carbonyl (C=O) groups excluding carboxylic acids is 1. The van der Waals surface area contributed by atoms with E-state index in [-0.39, 0.29) is 36.2 Å². The number of amides is 1. The summed E-state index contributed by atoms with van der Waals surface area (Å²) in [6.07, 6.45) is 0.721. The van der Waals surface area contributed by atoms with Crippen molar-refractivity contribution in [1.29, 1.82) is 0 Å². The number of rotatable bonds is 8. The van der Waals surface area contributed by atoms with E-state index in [2.05, 4.69) is 9.97 Å². The Morgan fingerprint density at radius 1 is 1.22 bits per heavy atom. The molecule has 0 aliphatic rings. The number of hydrogen-bond donors (Lipinski definition) is 1. The molecule has 0 fully saturated rings. The summed E-state index contributed by atoms with van der Waals surface area (Å²) in [6.45, 7) is 2.31. The average molecular weight is 440 g/mol. The first kappa shape index (κ1) is 22.7. The second kappa shape index (κ2) is 9.88. The molecule has 11 heteroatoms. The van der Waals surface area contributed by atoms with Crippen LogP contribution in [0.4, 0.5) is 22.0 Å². The molecule has 0 saturated carbocycles. The van der Waals surface area contributed by atoms with Gasteiger partial charge in [0, 0.05) is 12.6 Å². The van der Waals surface area contributed by atoms with E-state index in [0.717, 1.165) is 10.5 Å². The molecule has 3 rings (SSSR count). The molecule has 0 unspecified atom stereocenters. The zero-order chi connectivity index (χ0) is 23.3. The van der Waals surface area contributed by atoms with Crippen molar-refractivity contribution in [1.82, 2.24) is 14.9 Å². The molecule has 0 atom stereocenters. The monoisotopic (exact) mass is 440 g/mol. The molecule has 1 amide bonds. The maximum atomic E-state index is 12.8. The molecule has 3 aromatic rings. The molecule has 2 N–H and O–H groups in total. The molecule has 11 nitrogen and oxygen atoms in total. The summed E-state index contributed by atoms with van der Waals surface area (Å²) < 4.78 is 10.7. The van der Waals surface area contributed by atoms with Gasteiger partial charge in [-0.3, -0.25) is 15.0 Å². The molecule has 0 aliphatic heterocycles. The number of nitrogens with two attached hydrogens (primary N) is 1. The summed E-state index contributed by atoms with van der Waals surface area (Å²) in [5.74, 6) is -0.231. The van der Waals surface area contributed by atoms with E-state index in [9.17, 15) is 14.9 Å². The Balaban J connectivity index is 2.12. The van der Waals surface area contributed by atoms with Crippen LogP contribution in [0, 0.1) is 10.1 Å². The molecular formula is C21H24N6O5. The van der Waals surface area contributed by atoms with E-state index in [1.165, 1.54) is 12.3 Å². The van der Waals surface area contributed by atoms with Crippen LogP contribution in [0.1, 0.15) is 18.2 Å². The molecule has 2 heterocycles. The van der Waals surface area contributed by atoms with Gasteiger partial charge in [0.15, 0.2) is 0 Å². The lowest BCUT2D eigenvalue weighted by atomic mass is 10.2. The molecule has 32 heavy (non-hydrogen) atoms. The van der Waals surface area contributed by atoms with Crippen LogP contribution in [0.3, 0.4) is 0 Å². The number of hydrogen-bond acceptors (Lipinski definition) is 9. The van der Waals surface area contributed by atoms with Gasteiger partial charge in [0.1, 0.15) is 17.6 Å². The van der Waals surface area contributed by atoms with Crippen LogP contribution in [0.25, 0.3) is 11.6 Å². The molecule has 168 valence electrons. The molecular weight excluding hydrogens is 416 g/mol. The van der Waals surface area contributed by atoms with E-state index in [1.807, 2.05) is 25.1 Å². The Morgan fingerprint density at radius 3 is 2.56 bits per heavy atom. The van der Waals surface area contributed by atoms with Gasteiger partial charge in [-0.15, -0.1) is 0 Å². The molecule has 2 aromatic heterocycles. The normalized spacial score (nSPS) is 10.9. The smallest absolute Gasteiger partial charge is 0.414 e. The zero-order valence-electron chi connectivity index (χ0n) is 18.0. The number of benzene rings is 1. The topological polar surface area (TPSA) is 141 Å². The average Bonchev–Trinajstić information content (AvgIpc) is 3.19. The van der Waals surface area contributed by atoms with Gasteiger partial charge < -0.3 is 19.8 Å². The molecule has 0 saturated heterocycles. The number of nitrogen functional groups attached to an aromatic ring is 1. The van der Waals surface area contributed by atoms with Crippen molar-refractivity contribution >= 4 is 23.3 Å². The highest BCUT2D eigenvalue weighted by Crippen LogP contribution is 2.37. The van der Waals surface area contributed by atoms with Gasteiger partial charge in [-0.25, -0.2) is 14.8 Å². The van der Waals surface area contributed by atoms with Crippen molar-refractivity contribution < 1.29 is 18.9 Å². The van der Waals surface area contributed by atoms with Gasteiger partial charge >= 0.3 is 11.8 Å². The predicted molar refractivity (Wildman–Crippen MR) is 118 cm³/mol. The first-order valence-corrected chi connectivity index (χ1v) is 9.82. The highest BCUT2D eigenvalue weighted by Gasteiger charge is 2.31. The maximum absolute atomic E-state index is 12.8. The number of oxazole rings is 1. The first-order valence-electron chi connectivity index (χ1n) is 9.82. The fourth-order valence-corrected chi connectivity index (χ4v) is 3.08. The Bertz CT molecular complexity index is 1100. The third-order valence-corrected chi connectivity index (χ3v) is 4.39. The number of nitrogens with zero attached hydrogens (tertiary/aromatic N) is 5. The van der Waals surface area contributed by atoms with Crippen LogP contribution in [-0.4, -0.2) is 46.6 Å². The molecule has 0 spiro atoms. The van der Waals surface area contributed by atoms with E-state index in [4.69, 9.17) is 14.9 Å². The number of pyridine rings is 1. The van der Waals surface area contributed by atoms with Gasteiger partial charge in [0.25, 0.3) is 0 Å². The highest BCUT2D eigenvalue weighted by atomic mass is 16.6. The summed E-state index contributed by atoms with van der Waals surface area (Å²) in [5.41, 5.74) is 6.94. The highest BCUT2D eigenvalue weighted by molar-refractivity contribution is 5.93. The number of anilines is 2. The quantitative estimate of drug-likeness (QED) is 0.412. The lowest BCUT2D eigenvalue weighted by molar-refractivity contribution is -0.383. The number of carbonyl (C=O) groups is 1. The van der Waals surface area contributed by atoms with E-state index in [0.29, 0.717) is 12.2 Å². The molecule has 1 aromatic carbocycles. The van der Waals surface area contributed by atoms with Crippen LogP contribution < -0.4 is 10.6 Å². The predicted octanol–water partition coefficient (Wildman–Crippen LogP) is 3.45. The molecule has 0 bridgehead atoms. The van der Waals surface area contributed by atoms with Gasteiger partial charge in [0.05, 0.1) is 23.8 Å². The lowest BCUT2D eigenvalue weighted by Gasteiger charge is -2.22. The van der Waals surface area contributed by atoms with Crippen molar-refractivity contribution in [3.8, 4) is 11.6 Å². The Hall–Kier alpha value is -3.99. The van der Waals surface area contributed by atoms with Gasteiger partial charge in [-0.2, -0.15) is 0 Å². The Kier molecular flexibility index (Phi) is 7.00. The minimum atomic E-state index is -0.753. The SMILES string of the molecule is CCOC(=O)N(Cc1ccccc1)c1cc(-c2nc(CN(C)C)co2)nc(N)c1[N+](=O)[O-]. The third-order valence-electron chi connectivity index (χ3n) is 4.39. The van der Waals surface area contributed by atoms with E-state index >= 15 is 0 Å². The van der Waals surface area contributed by atoms with E-state index < -0.39 is 16.7 Å². The number of ether oxygens (including phenoxy) is 1. The van der Waals surface area contributed by atoms with Crippen molar-refractivity contribution in [2.45, 2.75) is 20.0 Å². The molecule has 0 radical (unpaired) electrons. The van der Waals surface area contributed by atoms with Crippen molar-refractivity contribution in [2.24, 2.45) is 0 Å². The summed E-state index contributed by atoms with van der Waals surface area (Å²) in [5, 5.41) is 11.8. The van der Waals surface area contributed by atoms with Crippen LogP contribution in [0.5, 0.6) is 0 Å². The van der Waals surface area contributed by atoms with Gasteiger partial charge in [-0.1, -0.05) is 30.3 Å². The summed E-state index contributed by atoms with van der Waals surface area (Å²) in [7, 11) is 3.77. The Morgan fingerprint density at radius 2 is 1.94 bits per heavy atom. The Labute approximate surface area is 184 Å². The second-order valence-corrected chi connectivity index (χ2v) is 7.17. The zero-order valence-corrected chi connectivity index (χ0v) is 18.0. The fourth-order valence-electron chi connectivity index (χ4n) is 3.08. The number of aromatic nitrogens is 2. The standard InChI is InChI=1S/C21H24N6O5/c1-4-31-21(28)26(11-14-8-6-5-7-9-14)17-10-16(24-19(22)18(17)27(29)30)20-23-15(13-32-20)12-25(2)3/h5-10,13H,4,11-12H2,1-3H3,(H2,22,24). The maximum Gasteiger partial charge on any atom is 0.414 e. The largest absolute Gasteiger partial charge is 0.449 e. The van der Waals surface area contributed by atoms with Crippen LogP contribution in [0.2, 0.25) is 0 Å². The minimum Gasteiger partial charge on any atom is -0.449 e.